The summed E-state index contributed by atoms with van der Waals surface area (Å²) < 4.78 is 14.7. The fraction of sp³-hybridized carbons (Fsp3) is 0.182. The zero-order chi connectivity index (χ0) is 19.5. The Bertz CT molecular complexity index is 1100. The van der Waals surface area contributed by atoms with Crippen LogP contribution in [-0.4, -0.2) is 28.7 Å². The van der Waals surface area contributed by atoms with Crippen LogP contribution in [-0.2, 0) is 13.0 Å². The second-order valence-corrected chi connectivity index (χ2v) is 6.57. The minimum Gasteiger partial charge on any atom is -0.504 e. The molecule has 0 spiro atoms. The van der Waals surface area contributed by atoms with Gasteiger partial charge < -0.3 is 14.6 Å². The summed E-state index contributed by atoms with van der Waals surface area (Å²) in [7, 11) is 3.22. The molecule has 0 aliphatic carbocycles. The van der Waals surface area contributed by atoms with Gasteiger partial charge in [-0.25, -0.2) is 8.97 Å². The predicted octanol–water partition coefficient (Wildman–Crippen LogP) is 2.98. The van der Waals surface area contributed by atoms with E-state index in [2.05, 4.69) is 32.3 Å². The topological polar surface area (TPSA) is 59.9 Å². The van der Waals surface area contributed by atoms with Crippen molar-refractivity contribution in [1.82, 2.24) is 9.38 Å². The number of phenols is 1. The van der Waals surface area contributed by atoms with Gasteiger partial charge in [0.2, 0.25) is 0 Å². The first kappa shape index (κ1) is 17.9. The number of hydrogen-bond acceptors (Lipinski definition) is 4. The van der Waals surface area contributed by atoms with E-state index in [1.165, 1.54) is 5.56 Å². The molecule has 4 aromatic rings. The molecular weight excluding hydrogens is 354 g/mol. The highest BCUT2D eigenvalue weighted by atomic mass is 16.5. The van der Waals surface area contributed by atoms with Crippen LogP contribution >= 0.6 is 0 Å². The van der Waals surface area contributed by atoms with Crippen molar-refractivity contribution >= 4 is 5.78 Å². The zero-order valence-electron chi connectivity index (χ0n) is 15.9. The summed E-state index contributed by atoms with van der Waals surface area (Å²) in [5, 5.41) is 9.83. The molecule has 2 aromatic heterocycles. The van der Waals surface area contributed by atoms with E-state index in [9.17, 15) is 5.11 Å². The average molecular weight is 376 g/mol. The number of methoxy groups -OCH3 is 2. The summed E-state index contributed by atoms with van der Waals surface area (Å²) in [5.41, 5.74) is 3.32. The maximum Gasteiger partial charge on any atom is 0.403 e. The molecule has 0 aliphatic heterocycles. The number of phenolic OH excluding ortho intramolecular Hbond substituents is 1. The van der Waals surface area contributed by atoms with Gasteiger partial charge >= 0.3 is 5.78 Å². The maximum atomic E-state index is 9.83. The Morgan fingerprint density at radius 3 is 2.57 bits per heavy atom. The van der Waals surface area contributed by atoms with Gasteiger partial charge in [-0.2, -0.15) is 0 Å². The fourth-order valence-electron chi connectivity index (χ4n) is 3.32. The van der Waals surface area contributed by atoms with Gasteiger partial charge in [0.15, 0.2) is 11.5 Å². The van der Waals surface area contributed by atoms with Crippen LogP contribution in [0.3, 0.4) is 0 Å². The van der Waals surface area contributed by atoms with Crippen molar-refractivity contribution in [1.29, 1.82) is 0 Å². The van der Waals surface area contributed by atoms with Gasteiger partial charge in [-0.05, 0) is 35.4 Å². The molecule has 4 rings (SSSR count). The number of fused-ring (bicyclic) bond motifs is 1. The van der Waals surface area contributed by atoms with E-state index in [0.717, 1.165) is 22.8 Å². The van der Waals surface area contributed by atoms with Crippen molar-refractivity contribution in [2.45, 2.75) is 13.0 Å². The molecule has 2 aromatic carbocycles. The number of benzene rings is 2. The third kappa shape index (κ3) is 3.49. The fourth-order valence-corrected chi connectivity index (χ4v) is 3.32. The summed E-state index contributed by atoms with van der Waals surface area (Å²) in [6.07, 6.45) is 6.62. The Hall–Kier alpha value is -3.54. The molecule has 6 heteroatoms. The van der Waals surface area contributed by atoms with Crippen LogP contribution in [0.4, 0.5) is 0 Å². The van der Waals surface area contributed by atoms with Crippen LogP contribution in [0.2, 0.25) is 0 Å². The van der Waals surface area contributed by atoms with Crippen LogP contribution in [0.25, 0.3) is 5.78 Å². The van der Waals surface area contributed by atoms with Crippen LogP contribution in [0.1, 0.15) is 16.8 Å². The molecule has 0 saturated carbocycles. The lowest BCUT2D eigenvalue weighted by Gasteiger charge is -2.05. The van der Waals surface area contributed by atoms with Crippen molar-refractivity contribution in [3.05, 3.63) is 83.9 Å². The van der Waals surface area contributed by atoms with E-state index in [1.54, 1.807) is 26.5 Å². The lowest BCUT2D eigenvalue weighted by Crippen LogP contribution is -2.33. The lowest BCUT2D eigenvalue weighted by molar-refractivity contribution is -0.664. The number of imidazole rings is 1. The molecule has 28 heavy (non-hydrogen) atoms. The molecule has 2 heterocycles. The van der Waals surface area contributed by atoms with Crippen molar-refractivity contribution in [3.63, 3.8) is 0 Å². The maximum absolute atomic E-state index is 9.83. The SMILES string of the molecule is COc1ccc(C[n+]2cc(Cc3ccc(O)c(OC)c3)n3cccnc32)cc1. The minimum atomic E-state index is 0.141. The van der Waals surface area contributed by atoms with E-state index >= 15 is 0 Å². The van der Waals surface area contributed by atoms with Crippen molar-refractivity contribution in [3.8, 4) is 17.2 Å². The highest BCUT2D eigenvalue weighted by Gasteiger charge is 2.18. The molecule has 142 valence electrons. The third-order valence-corrected chi connectivity index (χ3v) is 4.74. The largest absolute Gasteiger partial charge is 0.504 e. The first-order valence-electron chi connectivity index (χ1n) is 9.01. The smallest absolute Gasteiger partial charge is 0.403 e. The molecule has 0 atom stereocenters. The van der Waals surface area contributed by atoms with E-state index in [-0.39, 0.29) is 5.75 Å². The molecule has 1 N–H and O–H groups in total. The molecule has 0 unspecified atom stereocenters. The molecule has 0 aliphatic rings. The van der Waals surface area contributed by atoms with Crippen LogP contribution < -0.4 is 14.0 Å². The van der Waals surface area contributed by atoms with Gasteiger partial charge in [-0.15, -0.1) is 0 Å². The summed E-state index contributed by atoms with van der Waals surface area (Å²) in [6, 6.07) is 15.4. The summed E-state index contributed by atoms with van der Waals surface area (Å²) in [5.74, 6) is 2.33. The van der Waals surface area contributed by atoms with E-state index in [1.807, 2.05) is 36.5 Å². The van der Waals surface area contributed by atoms with Gasteiger partial charge in [0.25, 0.3) is 0 Å². The van der Waals surface area contributed by atoms with Crippen LogP contribution in [0.5, 0.6) is 17.2 Å². The van der Waals surface area contributed by atoms with Crippen LogP contribution in [0, 0.1) is 0 Å². The van der Waals surface area contributed by atoms with Crippen molar-refractivity contribution < 1.29 is 19.1 Å². The molecule has 0 bridgehead atoms. The number of rotatable bonds is 6. The Labute approximate surface area is 163 Å². The van der Waals surface area contributed by atoms with E-state index in [0.29, 0.717) is 18.7 Å². The highest BCUT2D eigenvalue weighted by molar-refractivity contribution is 5.43. The second kappa shape index (κ2) is 7.60. The summed E-state index contributed by atoms with van der Waals surface area (Å²) >= 11 is 0. The Morgan fingerprint density at radius 2 is 1.82 bits per heavy atom. The standard InChI is InChI=1S/C22H21N3O3/c1-27-19-7-4-16(5-8-19)14-24-15-18(25-11-3-10-23-22(24)25)12-17-6-9-20(26)21(13-17)28-2/h3-11,13,15H,12,14H2,1-2H3/p+1. The third-order valence-electron chi connectivity index (χ3n) is 4.74. The van der Waals surface area contributed by atoms with Gasteiger partial charge in [-0.1, -0.05) is 23.2 Å². The molecule has 0 amide bonds. The Morgan fingerprint density at radius 1 is 1.04 bits per heavy atom. The normalized spacial score (nSPS) is 10.9. The van der Waals surface area contributed by atoms with Gasteiger partial charge in [-0.3, -0.25) is 0 Å². The van der Waals surface area contributed by atoms with Gasteiger partial charge in [0.1, 0.15) is 23.8 Å². The van der Waals surface area contributed by atoms with Crippen LogP contribution in [0.15, 0.2) is 67.1 Å². The molecule has 0 radical (unpaired) electrons. The number of ether oxygens (including phenoxy) is 2. The Balaban J connectivity index is 1.68. The van der Waals surface area contributed by atoms with E-state index in [4.69, 9.17) is 9.47 Å². The quantitative estimate of drug-likeness (QED) is 0.526. The van der Waals surface area contributed by atoms with Gasteiger partial charge in [0.05, 0.1) is 27.0 Å². The molecule has 0 fully saturated rings. The second-order valence-electron chi connectivity index (χ2n) is 6.57. The average Bonchev–Trinajstić information content (AvgIpc) is 3.07. The van der Waals surface area contributed by atoms with Crippen molar-refractivity contribution in [2.75, 3.05) is 14.2 Å². The first-order valence-corrected chi connectivity index (χ1v) is 9.01. The molecule has 6 nitrogen and oxygen atoms in total. The predicted molar refractivity (Wildman–Crippen MR) is 105 cm³/mol. The van der Waals surface area contributed by atoms with E-state index < -0.39 is 0 Å². The van der Waals surface area contributed by atoms with Crippen molar-refractivity contribution in [2.24, 2.45) is 0 Å². The number of aromatic nitrogens is 3. The lowest BCUT2D eigenvalue weighted by atomic mass is 10.1. The highest BCUT2D eigenvalue weighted by Crippen LogP contribution is 2.27. The molecular formula is C22H22N3O3+. The molecule has 0 saturated heterocycles. The zero-order valence-corrected chi connectivity index (χ0v) is 15.9. The summed E-state index contributed by atoms with van der Waals surface area (Å²) in [4.78, 5) is 4.56. The first-order chi connectivity index (χ1) is 13.7. The number of hydrogen-bond donors (Lipinski definition) is 1. The van der Waals surface area contributed by atoms with Gasteiger partial charge in [0, 0.05) is 12.5 Å². The monoisotopic (exact) mass is 376 g/mol. The number of nitrogens with zero attached hydrogens (tertiary/aromatic N) is 3. The minimum absolute atomic E-state index is 0.141. The Kier molecular flexibility index (Phi) is 4.85. The summed E-state index contributed by atoms with van der Waals surface area (Å²) in [6.45, 7) is 0.712. The number of aromatic hydroxyl groups is 1.